The summed E-state index contributed by atoms with van der Waals surface area (Å²) in [6, 6.07) is 0. The second-order valence-corrected chi connectivity index (χ2v) is 8.19. The summed E-state index contributed by atoms with van der Waals surface area (Å²) in [7, 11) is 0. The summed E-state index contributed by atoms with van der Waals surface area (Å²) in [5.41, 5.74) is 0.0648. The van der Waals surface area contributed by atoms with Gasteiger partial charge >= 0.3 is 23.1 Å². The molecular formula is C26H46MgO4. The molecule has 0 saturated heterocycles. The van der Waals surface area contributed by atoms with E-state index in [1.165, 1.54) is 103 Å². The van der Waals surface area contributed by atoms with Gasteiger partial charge in [0.15, 0.2) is 0 Å². The standard InChI is InChI=1S/C22H42O2.C4H6O2.Mg/c1-2-3-4-5-6-7-8-9-10-11-12-13-14-15-16-17-18-19-20-21-22(23)24;1-3(2)4(5)6;/h9-10H,2-8,11-21H2,1H3,(H,23,24);1H2,2H3,(H,5,6);/q;;+2/p-2/b10-9-;;. The number of aliphatic carboxylic acids is 2. The van der Waals surface area contributed by atoms with Gasteiger partial charge in [0.25, 0.3) is 0 Å². The van der Waals surface area contributed by atoms with Crippen molar-refractivity contribution in [1.29, 1.82) is 0 Å². The SMILES string of the molecule is C=C(C)C(=O)[O-].CCCCCCCC/C=C\CCCCCCCCCCCC(=O)[O-].[Mg+2]. The van der Waals surface area contributed by atoms with Crippen LogP contribution in [-0.4, -0.2) is 35.0 Å². The summed E-state index contributed by atoms with van der Waals surface area (Å²) in [6.07, 6.45) is 26.8. The number of carbonyl (C=O) groups is 2. The number of hydrogen-bond acceptors (Lipinski definition) is 4. The molecule has 0 unspecified atom stereocenters. The van der Waals surface area contributed by atoms with Crippen molar-refractivity contribution in [3.05, 3.63) is 24.3 Å². The van der Waals surface area contributed by atoms with Crippen molar-refractivity contribution in [3.8, 4) is 0 Å². The first-order chi connectivity index (χ1) is 14.4. The van der Waals surface area contributed by atoms with Crippen LogP contribution in [0.4, 0.5) is 0 Å². The maximum Gasteiger partial charge on any atom is 2.00 e. The van der Waals surface area contributed by atoms with Gasteiger partial charge < -0.3 is 19.8 Å². The largest absolute Gasteiger partial charge is 2.00 e. The van der Waals surface area contributed by atoms with Crippen LogP contribution in [0, 0.1) is 0 Å². The van der Waals surface area contributed by atoms with Crippen molar-refractivity contribution in [2.75, 3.05) is 0 Å². The van der Waals surface area contributed by atoms with Crippen LogP contribution in [0.5, 0.6) is 0 Å². The van der Waals surface area contributed by atoms with Gasteiger partial charge in [-0.1, -0.05) is 103 Å². The molecule has 0 aliphatic heterocycles. The summed E-state index contributed by atoms with van der Waals surface area (Å²) in [6.45, 7) is 6.75. The minimum absolute atomic E-state index is 0. The predicted octanol–water partition coefficient (Wildman–Crippen LogP) is 5.27. The molecule has 0 aliphatic carbocycles. The van der Waals surface area contributed by atoms with Gasteiger partial charge in [-0.25, -0.2) is 0 Å². The van der Waals surface area contributed by atoms with Gasteiger partial charge in [-0.3, -0.25) is 0 Å². The molecule has 176 valence electrons. The fourth-order valence-corrected chi connectivity index (χ4v) is 3.05. The van der Waals surface area contributed by atoms with E-state index in [0.29, 0.717) is 0 Å². The monoisotopic (exact) mass is 446 g/mol. The van der Waals surface area contributed by atoms with Crippen LogP contribution in [0.15, 0.2) is 24.3 Å². The minimum Gasteiger partial charge on any atom is -0.550 e. The molecule has 0 amide bonds. The van der Waals surface area contributed by atoms with Gasteiger partial charge in [-0.15, -0.1) is 0 Å². The Morgan fingerprint density at radius 1 is 0.677 bits per heavy atom. The third kappa shape index (κ3) is 36.9. The van der Waals surface area contributed by atoms with Crippen molar-refractivity contribution in [2.45, 2.75) is 129 Å². The van der Waals surface area contributed by atoms with E-state index in [2.05, 4.69) is 25.7 Å². The molecule has 0 N–H and O–H groups in total. The molecule has 0 spiro atoms. The molecule has 0 bridgehead atoms. The Morgan fingerprint density at radius 2 is 1.00 bits per heavy atom. The summed E-state index contributed by atoms with van der Waals surface area (Å²) < 4.78 is 0. The molecular weight excluding hydrogens is 401 g/mol. The molecule has 0 fully saturated rings. The molecule has 0 aromatic heterocycles. The van der Waals surface area contributed by atoms with Crippen LogP contribution in [0.25, 0.3) is 0 Å². The van der Waals surface area contributed by atoms with Gasteiger partial charge in [-0.05, 0) is 51.0 Å². The molecule has 0 rings (SSSR count). The van der Waals surface area contributed by atoms with E-state index < -0.39 is 11.9 Å². The zero-order chi connectivity index (χ0) is 22.9. The molecule has 0 atom stereocenters. The summed E-state index contributed by atoms with van der Waals surface area (Å²) in [5, 5.41) is 19.8. The Hall–Kier alpha value is -0.814. The van der Waals surface area contributed by atoms with Crippen molar-refractivity contribution >= 4 is 35.0 Å². The average molecular weight is 447 g/mol. The first-order valence-corrected chi connectivity index (χ1v) is 12.1. The van der Waals surface area contributed by atoms with E-state index in [-0.39, 0.29) is 35.0 Å². The van der Waals surface area contributed by atoms with Crippen molar-refractivity contribution in [1.82, 2.24) is 0 Å². The third-order valence-electron chi connectivity index (χ3n) is 4.99. The quantitative estimate of drug-likeness (QED) is 0.110. The molecule has 0 saturated carbocycles. The number of hydrogen-bond donors (Lipinski definition) is 0. The van der Waals surface area contributed by atoms with Crippen LogP contribution < -0.4 is 10.2 Å². The van der Waals surface area contributed by atoms with Gasteiger partial charge in [0.2, 0.25) is 0 Å². The van der Waals surface area contributed by atoms with Gasteiger partial charge in [0, 0.05) is 5.97 Å². The van der Waals surface area contributed by atoms with E-state index in [9.17, 15) is 19.8 Å². The molecule has 31 heavy (non-hydrogen) atoms. The van der Waals surface area contributed by atoms with Crippen LogP contribution in [-0.2, 0) is 9.59 Å². The Balaban J connectivity index is -0.000000976. The second-order valence-electron chi connectivity index (χ2n) is 8.19. The maximum absolute atomic E-state index is 10.3. The fraction of sp³-hybridized carbons (Fsp3) is 0.769. The number of carboxylic acid groups (broad SMARTS) is 2. The van der Waals surface area contributed by atoms with Gasteiger partial charge in [0.1, 0.15) is 0 Å². The van der Waals surface area contributed by atoms with E-state index in [1.807, 2.05) is 0 Å². The zero-order valence-corrected chi connectivity index (χ0v) is 21.8. The molecule has 5 heteroatoms. The third-order valence-corrected chi connectivity index (χ3v) is 4.99. The Kier molecular flexibility index (Phi) is 32.8. The minimum atomic E-state index is -1.19. The average Bonchev–Trinajstić information content (AvgIpc) is 2.70. The Bertz CT molecular complexity index is 435. The molecule has 0 heterocycles. The summed E-state index contributed by atoms with van der Waals surface area (Å²) in [4.78, 5) is 19.8. The smallest absolute Gasteiger partial charge is 0.550 e. The fourth-order valence-electron chi connectivity index (χ4n) is 3.05. The van der Waals surface area contributed by atoms with Gasteiger partial charge in [-0.2, -0.15) is 0 Å². The summed E-state index contributed by atoms with van der Waals surface area (Å²) >= 11 is 0. The predicted molar refractivity (Wildman–Crippen MR) is 129 cm³/mol. The normalized spacial score (nSPS) is 10.3. The first-order valence-electron chi connectivity index (χ1n) is 12.1. The second kappa shape index (κ2) is 29.2. The Morgan fingerprint density at radius 3 is 1.32 bits per heavy atom. The molecule has 0 radical (unpaired) electrons. The van der Waals surface area contributed by atoms with E-state index >= 15 is 0 Å². The van der Waals surface area contributed by atoms with Crippen LogP contribution >= 0.6 is 0 Å². The maximum atomic E-state index is 10.3. The first kappa shape index (κ1) is 34.8. The number of allylic oxidation sites excluding steroid dienone is 2. The number of carbonyl (C=O) groups excluding carboxylic acids is 2. The number of unbranched alkanes of at least 4 members (excludes halogenated alkanes) is 15. The molecule has 4 nitrogen and oxygen atoms in total. The molecule has 0 aromatic carbocycles. The van der Waals surface area contributed by atoms with Crippen molar-refractivity contribution in [2.24, 2.45) is 0 Å². The van der Waals surface area contributed by atoms with Crippen molar-refractivity contribution in [3.63, 3.8) is 0 Å². The molecule has 0 aromatic rings. The number of carboxylic acids is 2. The van der Waals surface area contributed by atoms with Crippen LogP contribution in [0.3, 0.4) is 0 Å². The zero-order valence-electron chi connectivity index (χ0n) is 20.4. The van der Waals surface area contributed by atoms with E-state index in [4.69, 9.17) is 0 Å². The number of rotatable bonds is 20. The van der Waals surface area contributed by atoms with E-state index in [0.717, 1.165) is 12.8 Å². The topological polar surface area (TPSA) is 80.3 Å². The van der Waals surface area contributed by atoms with E-state index in [1.54, 1.807) is 0 Å². The van der Waals surface area contributed by atoms with Crippen LogP contribution in [0.2, 0.25) is 0 Å². The van der Waals surface area contributed by atoms with Crippen molar-refractivity contribution < 1.29 is 19.8 Å². The van der Waals surface area contributed by atoms with Gasteiger partial charge in [0.05, 0.1) is 5.97 Å². The Labute approximate surface area is 208 Å². The van der Waals surface area contributed by atoms with Crippen LogP contribution in [0.1, 0.15) is 129 Å². The molecule has 0 aliphatic rings. The summed E-state index contributed by atoms with van der Waals surface area (Å²) in [5.74, 6) is -2.09.